The summed E-state index contributed by atoms with van der Waals surface area (Å²) in [6, 6.07) is 5.06. The van der Waals surface area contributed by atoms with Gasteiger partial charge in [-0.05, 0) is 19.1 Å². The van der Waals surface area contributed by atoms with Crippen LogP contribution in [0.1, 0.15) is 6.92 Å². The molecule has 1 aromatic rings. The quantitative estimate of drug-likeness (QED) is 0.625. The molecule has 23 heavy (non-hydrogen) atoms. The highest BCUT2D eigenvalue weighted by atomic mass is 16.5. The lowest BCUT2D eigenvalue weighted by Crippen LogP contribution is -2.38. The molecule has 2 fully saturated rings. The van der Waals surface area contributed by atoms with Crippen molar-refractivity contribution < 1.29 is 23.8 Å². The Bertz CT molecular complexity index is 742. The Morgan fingerprint density at radius 1 is 1.17 bits per heavy atom. The summed E-state index contributed by atoms with van der Waals surface area (Å²) in [5.41, 5.74) is -0.289. The minimum Gasteiger partial charge on any atom is -0.497 e. The van der Waals surface area contributed by atoms with Crippen LogP contribution in [0.25, 0.3) is 0 Å². The van der Waals surface area contributed by atoms with Crippen LogP contribution < -0.4 is 14.4 Å². The molecule has 0 aromatic heterocycles. The summed E-state index contributed by atoms with van der Waals surface area (Å²) in [5.74, 6) is -0.430. The van der Waals surface area contributed by atoms with Gasteiger partial charge in [-0.15, -0.1) is 0 Å². The number of imide groups is 1. The molecule has 4 rings (SSSR count). The van der Waals surface area contributed by atoms with Crippen molar-refractivity contribution in [3.8, 4) is 11.5 Å². The fourth-order valence-corrected chi connectivity index (χ4v) is 3.86. The van der Waals surface area contributed by atoms with Crippen molar-refractivity contribution in [3.63, 3.8) is 0 Å². The van der Waals surface area contributed by atoms with Gasteiger partial charge in [-0.1, -0.05) is 12.2 Å². The van der Waals surface area contributed by atoms with Gasteiger partial charge in [0.25, 0.3) is 0 Å². The zero-order valence-corrected chi connectivity index (χ0v) is 13.1. The van der Waals surface area contributed by atoms with Gasteiger partial charge in [0.05, 0.1) is 43.4 Å². The Balaban J connectivity index is 1.80. The largest absolute Gasteiger partial charge is 0.497 e. The van der Waals surface area contributed by atoms with Crippen LogP contribution in [0.15, 0.2) is 30.4 Å². The maximum atomic E-state index is 13.0. The lowest BCUT2D eigenvalue weighted by molar-refractivity contribution is -0.126. The number of ether oxygens (including phenoxy) is 3. The molecular weight excluding hydrogens is 298 g/mol. The topological polar surface area (TPSA) is 65.1 Å². The number of amides is 2. The maximum Gasteiger partial charge on any atom is 0.241 e. The number of rotatable bonds is 3. The van der Waals surface area contributed by atoms with E-state index in [0.29, 0.717) is 17.2 Å². The van der Waals surface area contributed by atoms with E-state index in [9.17, 15) is 9.59 Å². The average molecular weight is 315 g/mol. The number of benzene rings is 1. The maximum absolute atomic E-state index is 13.0. The third-order valence-electron chi connectivity index (χ3n) is 4.96. The Kier molecular flexibility index (Phi) is 2.84. The van der Waals surface area contributed by atoms with Gasteiger partial charge in [0.1, 0.15) is 11.5 Å². The molecule has 3 heterocycles. The standard InChI is InChI=1S/C17H17NO5/c1-17-7-6-12(23-17)13-14(17)16(20)18(15(13)19)10-8-9(21-2)4-5-11(10)22-3/h4-8,12-14H,1-3H3/t12-,13+,14+,17-/m1/s1. The smallest absolute Gasteiger partial charge is 0.241 e. The SMILES string of the molecule is COc1ccc(OC)c(N2C(=O)[C@@H]3[C@@H](C2=O)[C@@]2(C)C=C[C@H]3O2)c1. The normalized spacial score (nSPS) is 34.2. The van der Waals surface area contributed by atoms with Gasteiger partial charge in [0.15, 0.2) is 0 Å². The van der Waals surface area contributed by atoms with Gasteiger partial charge in [-0.2, -0.15) is 0 Å². The predicted octanol–water partition coefficient (Wildman–Crippen LogP) is 1.54. The number of nitrogens with zero attached hydrogens (tertiary/aromatic N) is 1. The number of carbonyl (C=O) groups is 2. The second kappa shape index (κ2) is 4.58. The highest BCUT2D eigenvalue weighted by Crippen LogP contribution is 2.53. The molecule has 0 spiro atoms. The number of hydrogen-bond acceptors (Lipinski definition) is 5. The van der Waals surface area contributed by atoms with Crippen molar-refractivity contribution >= 4 is 17.5 Å². The Morgan fingerprint density at radius 3 is 2.61 bits per heavy atom. The van der Waals surface area contributed by atoms with E-state index in [2.05, 4.69) is 0 Å². The summed E-state index contributed by atoms with van der Waals surface area (Å²) in [5, 5.41) is 0. The molecular formula is C17H17NO5. The van der Waals surface area contributed by atoms with E-state index in [1.165, 1.54) is 19.1 Å². The van der Waals surface area contributed by atoms with Crippen molar-refractivity contribution in [1.29, 1.82) is 0 Å². The van der Waals surface area contributed by atoms with Crippen LogP contribution in [0, 0.1) is 11.8 Å². The number of methoxy groups -OCH3 is 2. The van der Waals surface area contributed by atoms with Crippen molar-refractivity contribution in [2.75, 3.05) is 19.1 Å². The monoisotopic (exact) mass is 315 g/mol. The fraction of sp³-hybridized carbons (Fsp3) is 0.412. The summed E-state index contributed by atoms with van der Waals surface area (Å²) < 4.78 is 16.4. The van der Waals surface area contributed by atoms with Gasteiger partial charge >= 0.3 is 0 Å². The van der Waals surface area contributed by atoms with Gasteiger partial charge in [0.2, 0.25) is 11.8 Å². The molecule has 3 aliphatic rings. The number of hydrogen-bond donors (Lipinski definition) is 0. The molecule has 0 aliphatic carbocycles. The molecule has 120 valence electrons. The molecule has 2 saturated heterocycles. The first-order chi connectivity index (χ1) is 11.0. The summed E-state index contributed by atoms with van der Waals surface area (Å²) in [7, 11) is 3.04. The summed E-state index contributed by atoms with van der Waals surface area (Å²) in [6.07, 6.45) is 3.43. The molecule has 1 aromatic carbocycles. The molecule has 4 atom stereocenters. The molecule has 0 N–H and O–H groups in total. The summed E-state index contributed by atoms with van der Waals surface area (Å²) in [6.45, 7) is 1.85. The Hall–Kier alpha value is -2.34. The minimum atomic E-state index is -0.705. The number of fused-ring (bicyclic) bond motifs is 5. The molecule has 3 aliphatic heterocycles. The minimum absolute atomic E-state index is 0.246. The Labute approximate surface area is 133 Å². The van der Waals surface area contributed by atoms with E-state index in [-0.39, 0.29) is 17.9 Å². The highest BCUT2D eigenvalue weighted by molar-refractivity contribution is 6.24. The lowest BCUT2D eigenvalue weighted by Gasteiger charge is -2.24. The second-order valence-electron chi connectivity index (χ2n) is 6.18. The summed E-state index contributed by atoms with van der Waals surface area (Å²) in [4.78, 5) is 27.1. The van der Waals surface area contributed by atoms with Crippen LogP contribution >= 0.6 is 0 Å². The van der Waals surface area contributed by atoms with Crippen LogP contribution in [0.3, 0.4) is 0 Å². The second-order valence-corrected chi connectivity index (χ2v) is 6.18. The zero-order valence-electron chi connectivity index (χ0n) is 13.1. The van der Waals surface area contributed by atoms with Crippen LogP contribution in [-0.2, 0) is 14.3 Å². The molecule has 0 saturated carbocycles. The Morgan fingerprint density at radius 2 is 1.96 bits per heavy atom. The molecule has 6 heteroatoms. The predicted molar refractivity (Wildman–Crippen MR) is 81.4 cm³/mol. The van der Waals surface area contributed by atoms with E-state index >= 15 is 0 Å². The first-order valence-electron chi connectivity index (χ1n) is 7.47. The fourth-order valence-electron chi connectivity index (χ4n) is 3.86. The van der Waals surface area contributed by atoms with Gasteiger partial charge in [-0.25, -0.2) is 4.90 Å². The molecule has 6 nitrogen and oxygen atoms in total. The van der Waals surface area contributed by atoms with Crippen molar-refractivity contribution in [3.05, 3.63) is 30.4 Å². The average Bonchev–Trinajstić information content (AvgIpc) is 3.16. The highest BCUT2D eigenvalue weighted by Gasteiger charge is 2.66. The van der Waals surface area contributed by atoms with E-state index in [1.54, 1.807) is 18.2 Å². The van der Waals surface area contributed by atoms with Crippen LogP contribution in [-0.4, -0.2) is 37.7 Å². The van der Waals surface area contributed by atoms with Crippen LogP contribution in [0.2, 0.25) is 0 Å². The molecule has 0 unspecified atom stereocenters. The van der Waals surface area contributed by atoms with E-state index < -0.39 is 17.4 Å². The lowest BCUT2D eigenvalue weighted by atomic mass is 9.78. The van der Waals surface area contributed by atoms with Crippen LogP contribution in [0.5, 0.6) is 11.5 Å². The van der Waals surface area contributed by atoms with E-state index in [1.807, 2.05) is 19.1 Å². The molecule has 2 bridgehead atoms. The number of anilines is 1. The summed E-state index contributed by atoms with van der Waals surface area (Å²) >= 11 is 0. The third-order valence-corrected chi connectivity index (χ3v) is 4.96. The third kappa shape index (κ3) is 1.72. The van der Waals surface area contributed by atoms with Crippen molar-refractivity contribution in [1.82, 2.24) is 0 Å². The van der Waals surface area contributed by atoms with Crippen molar-refractivity contribution in [2.24, 2.45) is 11.8 Å². The zero-order chi connectivity index (χ0) is 16.4. The molecule has 2 amide bonds. The first-order valence-corrected chi connectivity index (χ1v) is 7.47. The van der Waals surface area contributed by atoms with Gasteiger partial charge in [-0.3, -0.25) is 9.59 Å². The number of carbonyl (C=O) groups excluding carboxylic acids is 2. The van der Waals surface area contributed by atoms with Gasteiger partial charge < -0.3 is 14.2 Å². The van der Waals surface area contributed by atoms with Crippen LogP contribution in [0.4, 0.5) is 5.69 Å². The van der Waals surface area contributed by atoms with Crippen molar-refractivity contribution in [2.45, 2.75) is 18.6 Å². The van der Waals surface area contributed by atoms with E-state index in [0.717, 1.165) is 0 Å². The first kappa shape index (κ1) is 14.3. The van der Waals surface area contributed by atoms with E-state index in [4.69, 9.17) is 14.2 Å². The van der Waals surface area contributed by atoms with Gasteiger partial charge in [0, 0.05) is 6.07 Å². The molecule has 0 radical (unpaired) electrons.